The van der Waals surface area contributed by atoms with Crippen molar-refractivity contribution in [3.63, 3.8) is 0 Å². The first-order valence-corrected chi connectivity index (χ1v) is 7.28. The quantitative estimate of drug-likeness (QED) is 0.815. The Morgan fingerprint density at radius 3 is 2.82 bits per heavy atom. The zero-order valence-electron chi connectivity index (χ0n) is 9.88. The fourth-order valence-corrected chi connectivity index (χ4v) is 3.27. The Kier molecular flexibility index (Phi) is 3.69. The summed E-state index contributed by atoms with van der Waals surface area (Å²) in [5.74, 6) is 0. The van der Waals surface area contributed by atoms with Gasteiger partial charge in [-0.1, -0.05) is 18.2 Å². The number of hydrogen-bond acceptors (Lipinski definition) is 3. The lowest BCUT2D eigenvalue weighted by atomic mass is 10.2. The summed E-state index contributed by atoms with van der Waals surface area (Å²) in [7, 11) is 0. The van der Waals surface area contributed by atoms with E-state index in [1.54, 1.807) is 0 Å². The van der Waals surface area contributed by atoms with Crippen LogP contribution in [-0.4, -0.2) is 24.3 Å². The number of hydrogen-bond donors (Lipinski definition) is 0. The highest BCUT2D eigenvalue weighted by atomic mass is 32.2. The maximum Gasteiger partial charge on any atom is 0.158 e. The van der Waals surface area contributed by atoms with Gasteiger partial charge in [-0.05, 0) is 37.8 Å². The molecule has 3 atom stereocenters. The van der Waals surface area contributed by atoms with E-state index in [1.807, 2.05) is 11.8 Å². The van der Waals surface area contributed by atoms with Gasteiger partial charge in [0.25, 0.3) is 0 Å². The molecule has 1 aliphatic heterocycles. The highest BCUT2D eigenvalue weighted by molar-refractivity contribution is 8.00. The zero-order valence-corrected chi connectivity index (χ0v) is 10.7. The van der Waals surface area contributed by atoms with Gasteiger partial charge in [-0.25, -0.2) is 0 Å². The normalized spacial score (nSPS) is 32.4. The van der Waals surface area contributed by atoms with E-state index in [0.29, 0.717) is 11.4 Å². The number of rotatable bonds is 4. The third-order valence-corrected chi connectivity index (χ3v) is 4.51. The van der Waals surface area contributed by atoms with Gasteiger partial charge in [-0.15, -0.1) is 11.8 Å². The van der Waals surface area contributed by atoms with Crippen LogP contribution in [0.2, 0.25) is 0 Å². The molecule has 3 rings (SSSR count). The molecule has 1 aromatic rings. The molecule has 3 heteroatoms. The molecule has 2 fully saturated rings. The third kappa shape index (κ3) is 3.24. The van der Waals surface area contributed by atoms with Crippen LogP contribution in [0.3, 0.4) is 0 Å². The second-order valence-corrected chi connectivity index (χ2v) is 5.99. The van der Waals surface area contributed by atoms with Crippen molar-refractivity contribution < 1.29 is 9.47 Å². The summed E-state index contributed by atoms with van der Waals surface area (Å²) < 4.78 is 11.5. The van der Waals surface area contributed by atoms with Crippen molar-refractivity contribution in [3.05, 3.63) is 30.3 Å². The Labute approximate surface area is 107 Å². The van der Waals surface area contributed by atoms with E-state index < -0.39 is 0 Å². The SMILES string of the molecule is c1ccc(SC2CC2OC2CCCCO2)cc1. The highest BCUT2D eigenvalue weighted by Gasteiger charge is 2.41. The third-order valence-electron chi connectivity index (χ3n) is 3.17. The van der Waals surface area contributed by atoms with Gasteiger partial charge in [0, 0.05) is 16.8 Å². The molecular weight excluding hydrogens is 232 g/mol. The van der Waals surface area contributed by atoms with Crippen molar-refractivity contribution in [2.45, 2.75) is 48.2 Å². The summed E-state index contributed by atoms with van der Waals surface area (Å²) >= 11 is 1.93. The molecule has 0 bridgehead atoms. The van der Waals surface area contributed by atoms with Gasteiger partial charge in [-0.2, -0.15) is 0 Å². The van der Waals surface area contributed by atoms with Crippen LogP contribution < -0.4 is 0 Å². The first-order chi connectivity index (χ1) is 8.42. The van der Waals surface area contributed by atoms with Gasteiger partial charge in [0.05, 0.1) is 6.10 Å². The zero-order chi connectivity index (χ0) is 11.5. The summed E-state index contributed by atoms with van der Waals surface area (Å²) in [6.07, 6.45) is 5.14. The lowest BCUT2D eigenvalue weighted by Gasteiger charge is -2.22. The first-order valence-electron chi connectivity index (χ1n) is 6.40. The summed E-state index contributed by atoms with van der Waals surface area (Å²) in [5, 5.41) is 0.628. The summed E-state index contributed by atoms with van der Waals surface area (Å²) in [6, 6.07) is 10.6. The van der Waals surface area contributed by atoms with Gasteiger partial charge >= 0.3 is 0 Å². The number of thioether (sulfide) groups is 1. The Morgan fingerprint density at radius 1 is 1.18 bits per heavy atom. The summed E-state index contributed by atoms with van der Waals surface area (Å²) in [6.45, 7) is 0.869. The second kappa shape index (κ2) is 5.42. The van der Waals surface area contributed by atoms with E-state index in [2.05, 4.69) is 30.3 Å². The molecule has 0 spiro atoms. The van der Waals surface area contributed by atoms with E-state index in [4.69, 9.17) is 9.47 Å². The van der Waals surface area contributed by atoms with Gasteiger partial charge < -0.3 is 9.47 Å². The maximum absolute atomic E-state index is 5.94. The predicted octanol–water partition coefficient (Wildman–Crippen LogP) is 3.46. The van der Waals surface area contributed by atoms with Crippen LogP contribution >= 0.6 is 11.8 Å². The van der Waals surface area contributed by atoms with Crippen LogP contribution in [0.1, 0.15) is 25.7 Å². The minimum atomic E-state index is 0.0649. The molecule has 1 heterocycles. The van der Waals surface area contributed by atoms with Crippen molar-refractivity contribution in [3.8, 4) is 0 Å². The van der Waals surface area contributed by atoms with E-state index in [-0.39, 0.29) is 6.29 Å². The van der Waals surface area contributed by atoms with Gasteiger partial charge in [0.15, 0.2) is 6.29 Å². The van der Waals surface area contributed by atoms with Crippen LogP contribution in [0.4, 0.5) is 0 Å². The molecule has 1 saturated heterocycles. The molecule has 2 aliphatic rings. The molecule has 0 aromatic heterocycles. The number of ether oxygens (including phenoxy) is 2. The average Bonchev–Trinajstić information content (AvgIpc) is 3.10. The molecule has 1 aromatic carbocycles. The second-order valence-electron chi connectivity index (χ2n) is 4.68. The van der Waals surface area contributed by atoms with Crippen LogP contribution in [-0.2, 0) is 9.47 Å². The summed E-state index contributed by atoms with van der Waals surface area (Å²) in [4.78, 5) is 1.34. The van der Waals surface area contributed by atoms with Crippen LogP contribution in [0.5, 0.6) is 0 Å². The van der Waals surface area contributed by atoms with Crippen LogP contribution in [0.25, 0.3) is 0 Å². The van der Waals surface area contributed by atoms with Crippen molar-refractivity contribution in [1.82, 2.24) is 0 Å². The largest absolute Gasteiger partial charge is 0.353 e. The minimum absolute atomic E-state index is 0.0649. The fourth-order valence-electron chi connectivity index (χ4n) is 2.10. The molecule has 2 nitrogen and oxygen atoms in total. The van der Waals surface area contributed by atoms with Gasteiger partial charge in [-0.3, -0.25) is 0 Å². The molecule has 1 saturated carbocycles. The molecular formula is C14H18O2S. The highest BCUT2D eigenvalue weighted by Crippen LogP contribution is 2.42. The van der Waals surface area contributed by atoms with E-state index in [1.165, 1.54) is 24.2 Å². The Balaban J connectivity index is 1.44. The first kappa shape index (κ1) is 11.6. The molecule has 0 amide bonds. The predicted molar refractivity (Wildman–Crippen MR) is 69.2 cm³/mol. The van der Waals surface area contributed by atoms with Crippen LogP contribution in [0.15, 0.2) is 35.2 Å². The molecule has 17 heavy (non-hydrogen) atoms. The van der Waals surface area contributed by atoms with E-state index in [0.717, 1.165) is 13.0 Å². The van der Waals surface area contributed by atoms with Gasteiger partial charge in [0.2, 0.25) is 0 Å². The van der Waals surface area contributed by atoms with E-state index in [9.17, 15) is 0 Å². The topological polar surface area (TPSA) is 18.5 Å². The van der Waals surface area contributed by atoms with E-state index >= 15 is 0 Å². The standard InChI is InChI=1S/C14H18O2S/c1-2-6-11(7-3-1)17-13-10-12(13)16-14-8-4-5-9-15-14/h1-3,6-7,12-14H,4-5,8-10H2. The molecule has 0 N–H and O–H groups in total. The van der Waals surface area contributed by atoms with Crippen LogP contribution in [0, 0.1) is 0 Å². The summed E-state index contributed by atoms with van der Waals surface area (Å²) in [5.41, 5.74) is 0. The molecule has 0 radical (unpaired) electrons. The van der Waals surface area contributed by atoms with Crippen molar-refractivity contribution >= 4 is 11.8 Å². The Bertz CT molecular complexity index is 348. The number of benzene rings is 1. The smallest absolute Gasteiger partial charge is 0.158 e. The monoisotopic (exact) mass is 250 g/mol. The van der Waals surface area contributed by atoms with Crippen molar-refractivity contribution in [1.29, 1.82) is 0 Å². The lowest BCUT2D eigenvalue weighted by Crippen LogP contribution is -2.23. The average molecular weight is 250 g/mol. The Morgan fingerprint density at radius 2 is 2.06 bits per heavy atom. The van der Waals surface area contributed by atoms with Crippen molar-refractivity contribution in [2.24, 2.45) is 0 Å². The molecule has 3 unspecified atom stereocenters. The molecule has 92 valence electrons. The molecule has 1 aliphatic carbocycles. The van der Waals surface area contributed by atoms with Gasteiger partial charge in [0.1, 0.15) is 0 Å². The minimum Gasteiger partial charge on any atom is -0.353 e. The fraction of sp³-hybridized carbons (Fsp3) is 0.571. The maximum atomic E-state index is 5.94. The van der Waals surface area contributed by atoms with Crippen molar-refractivity contribution in [2.75, 3.05) is 6.61 Å². The lowest BCUT2D eigenvalue weighted by molar-refractivity contribution is -0.168. The Hall–Kier alpha value is -0.510.